The number of methoxy groups -OCH3 is 8. The van der Waals surface area contributed by atoms with Crippen LogP contribution in [0, 0.1) is 0 Å². The molecule has 0 radical (unpaired) electrons. The topological polar surface area (TPSA) is 198 Å². The Morgan fingerprint density at radius 3 is 1.30 bits per heavy atom. The van der Waals surface area contributed by atoms with Crippen molar-refractivity contribution < 1.29 is 72.0 Å². The van der Waals surface area contributed by atoms with Gasteiger partial charge in [-0.3, -0.25) is 19.4 Å². The average Bonchev–Trinajstić information content (AvgIpc) is 3.39. The van der Waals surface area contributed by atoms with Crippen LogP contribution in [-0.4, -0.2) is 133 Å². The molecule has 4 aromatic rings. The first-order valence-corrected chi connectivity index (χ1v) is 23.8. The van der Waals surface area contributed by atoms with E-state index < -0.39 is 11.9 Å². The lowest BCUT2D eigenvalue weighted by molar-refractivity contribution is -0.159. The van der Waals surface area contributed by atoms with Crippen molar-refractivity contribution in [2.45, 2.75) is 82.7 Å². The third-order valence-electron chi connectivity index (χ3n) is 13.1. The van der Waals surface area contributed by atoms with Crippen LogP contribution in [0.1, 0.15) is 90.4 Å². The number of esters is 1. The van der Waals surface area contributed by atoms with Crippen LogP contribution in [0.15, 0.2) is 60.7 Å². The van der Waals surface area contributed by atoms with Gasteiger partial charge in [-0.05, 0) is 120 Å². The summed E-state index contributed by atoms with van der Waals surface area (Å²) in [7, 11) is 13.2. The van der Waals surface area contributed by atoms with Gasteiger partial charge in [0.1, 0.15) is 5.78 Å². The minimum Gasteiger partial charge on any atom is -0.493 e. The van der Waals surface area contributed by atoms with Gasteiger partial charge in [-0.2, -0.15) is 0 Å². The summed E-state index contributed by atoms with van der Waals surface area (Å²) in [5.74, 6) is 1.95. The molecule has 386 valence electrons. The van der Waals surface area contributed by atoms with E-state index in [0.717, 1.165) is 80.5 Å². The van der Waals surface area contributed by atoms with Crippen LogP contribution in [0.25, 0.3) is 0 Å². The molecule has 2 atom stereocenters. The van der Waals surface area contributed by atoms with Crippen molar-refractivity contribution in [3.8, 4) is 46.0 Å². The zero-order valence-corrected chi connectivity index (χ0v) is 42.3. The molecule has 0 amide bonds. The van der Waals surface area contributed by atoms with E-state index in [0.29, 0.717) is 85.6 Å². The number of carbonyl (C=O) groups is 4. The lowest BCUT2D eigenvalue weighted by Gasteiger charge is -2.38. The highest BCUT2D eigenvalue weighted by atomic mass is 16.5. The fourth-order valence-corrected chi connectivity index (χ4v) is 9.30. The number of hydrogen-bond donors (Lipinski definition) is 2. The Morgan fingerprint density at radius 2 is 0.873 bits per heavy atom. The molecular weight excluding hydrogens is 917 g/mol. The maximum atomic E-state index is 13.2. The summed E-state index contributed by atoms with van der Waals surface area (Å²) in [6.45, 7) is 3.24. The van der Waals surface area contributed by atoms with Gasteiger partial charge in [0.25, 0.3) is 0 Å². The molecule has 0 saturated heterocycles. The molecule has 2 aliphatic heterocycles. The van der Waals surface area contributed by atoms with Crippen LogP contribution in [-0.2, 0) is 49.6 Å². The first-order valence-electron chi connectivity index (χ1n) is 23.8. The molecule has 0 aromatic heterocycles. The van der Waals surface area contributed by atoms with Crippen LogP contribution in [0.2, 0.25) is 0 Å². The van der Waals surface area contributed by atoms with E-state index in [1.807, 2.05) is 24.3 Å². The number of ketones is 1. The van der Waals surface area contributed by atoms with Gasteiger partial charge in [-0.25, -0.2) is 9.59 Å². The summed E-state index contributed by atoms with van der Waals surface area (Å²) in [6.07, 6.45) is 7.83. The number of carboxylic acid groups (broad SMARTS) is 2. The average molecular weight is 987 g/mol. The van der Waals surface area contributed by atoms with Gasteiger partial charge in [0.2, 0.25) is 0 Å². The van der Waals surface area contributed by atoms with Crippen molar-refractivity contribution in [3.05, 3.63) is 94.0 Å². The second-order valence-corrected chi connectivity index (χ2v) is 17.2. The first kappa shape index (κ1) is 55.2. The third-order valence-corrected chi connectivity index (χ3v) is 13.1. The predicted molar refractivity (Wildman–Crippen MR) is 265 cm³/mol. The molecule has 17 heteroatoms. The van der Waals surface area contributed by atoms with Crippen LogP contribution in [0.4, 0.5) is 0 Å². The van der Waals surface area contributed by atoms with Crippen molar-refractivity contribution in [2.24, 2.45) is 0 Å². The number of ether oxygens (including phenoxy) is 9. The van der Waals surface area contributed by atoms with E-state index in [-0.39, 0.29) is 23.8 Å². The number of rotatable bonds is 25. The summed E-state index contributed by atoms with van der Waals surface area (Å²) in [5.41, 5.74) is 6.99. The molecule has 0 bridgehead atoms. The molecule has 6 rings (SSSR count). The summed E-state index contributed by atoms with van der Waals surface area (Å²) in [6, 6.07) is 20.4. The highest BCUT2D eigenvalue weighted by Gasteiger charge is 2.32. The van der Waals surface area contributed by atoms with E-state index in [4.69, 9.17) is 62.4 Å². The van der Waals surface area contributed by atoms with Crippen molar-refractivity contribution >= 4 is 23.7 Å². The predicted octanol–water partition coefficient (Wildman–Crippen LogP) is 7.74. The van der Waals surface area contributed by atoms with E-state index >= 15 is 0 Å². The standard InChI is InChI=1S/C52H68N2O11.C2H2O4/c1-57-44-16-14-35(29-46(44)59-3)27-42-40-33-50(63-7)48(61-5)31-37(40)18-22-53(42)24-20-39(55)13-11-9-10-12-26-65-52(56)21-25-54-23-19-38-32-49(62-6)51(64-8)34-41(38)43(54)28-36-15-17-45(58-2)47(30-36)60-4;3-1(4)2(5)6/h14-17,29-34,42-43H,9-13,18-28H2,1-8H3;(H,3,4)(H,5,6)/t42-,43-;/m1./s1. The minimum absolute atomic E-state index is 0.00266. The highest BCUT2D eigenvalue weighted by molar-refractivity contribution is 6.27. The van der Waals surface area contributed by atoms with Crippen molar-refractivity contribution in [3.63, 3.8) is 0 Å². The summed E-state index contributed by atoms with van der Waals surface area (Å²) < 4.78 is 50.5. The summed E-state index contributed by atoms with van der Waals surface area (Å²) in [5, 5.41) is 14.8. The Labute approximate surface area is 416 Å². The van der Waals surface area contributed by atoms with Gasteiger partial charge in [-0.15, -0.1) is 0 Å². The Kier molecular flexibility index (Phi) is 21.5. The number of fused-ring (bicyclic) bond motifs is 2. The Morgan fingerprint density at radius 1 is 0.479 bits per heavy atom. The number of nitrogens with zero attached hydrogens (tertiary/aromatic N) is 2. The van der Waals surface area contributed by atoms with E-state index in [9.17, 15) is 9.59 Å². The molecule has 0 spiro atoms. The van der Waals surface area contributed by atoms with Crippen LogP contribution in [0.5, 0.6) is 46.0 Å². The maximum absolute atomic E-state index is 13.2. The molecule has 0 fully saturated rings. The van der Waals surface area contributed by atoms with Crippen LogP contribution >= 0.6 is 0 Å². The maximum Gasteiger partial charge on any atom is 0.414 e. The molecule has 0 unspecified atom stereocenters. The molecule has 71 heavy (non-hydrogen) atoms. The van der Waals surface area contributed by atoms with Gasteiger partial charge in [0, 0.05) is 51.1 Å². The zero-order chi connectivity index (χ0) is 51.5. The monoisotopic (exact) mass is 986 g/mol. The van der Waals surface area contributed by atoms with E-state index in [2.05, 4.69) is 46.2 Å². The smallest absolute Gasteiger partial charge is 0.414 e. The van der Waals surface area contributed by atoms with E-state index in [1.165, 1.54) is 16.7 Å². The van der Waals surface area contributed by atoms with Crippen LogP contribution < -0.4 is 37.9 Å². The first-order chi connectivity index (χ1) is 34.3. The van der Waals surface area contributed by atoms with Gasteiger partial charge < -0.3 is 52.8 Å². The second-order valence-electron chi connectivity index (χ2n) is 17.2. The molecule has 2 N–H and O–H groups in total. The number of carboxylic acids is 2. The number of aliphatic carboxylic acids is 2. The molecule has 4 aromatic carbocycles. The zero-order valence-electron chi connectivity index (χ0n) is 42.3. The second kappa shape index (κ2) is 27.6. The Balaban J connectivity index is 0.00000147. The van der Waals surface area contributed by atoms with Crippen LogP contribution in [0.3, 0.4) is 0 Å². The lowest BCUT2D eigenvalue weighted by atomic mass is 9.87. The summed E-state index contributed by atoms with van der Waals surface area (Å²) >= 11 is 0. The minimum atomic E-state index is -1.82. The molecule has 0 saturated carbocycles. The van der Waals surface area contributed by atoms with Gasteiger partial charge >= 0.3 is 17.9 Å². The number of benzene rings is 4. The molecule has 17 nitrogen and oxygen atoms in total. The Hall–Kier alpha value is -6.72. The highest BCUT2D eigenvalue weighted by Crippen LogP contribution is 2.42. The Bertz CT molecular complexity index is 2260. The number of Topliss-reactive ketones (excluding diaryl/α,β-unsaturated/α-hetero) is 1. The molecule has 2 heterocycles. The van der Waals surface area contributed by atoms with Crippen molar-refractivity contribution in [1.82, 2.24) is 9.80 Å². The number of unbranched alkanes of at least 4 members (excludes halogenated alkanes) is 3. The third kappa shape index (κ3) is 15.1. The largest absolute Gasteiger partial charge is 0.493 e. The van der Waals surface area contributed by atoms with Gasteiger partial charge in [0.05, 0.1) is 69.9 Å². The number of hydrogen-bond acceptors (Lipinski definition) is 15. The normalized spacial score (nSPS) is 15.2. The fraction of sp³-hybridized carbons (Fsp3) is 0.481. The lowest BCUT2D eigenvalue weighted by Crippen LogP contribution is -2.38. The molecule has 2 aliphatic rings. The fourth-order valence-electron chi connectivity index (χ4n) is 9.30. The molecule has 0 aliphatic carbocycles. The molecular formula is C54H70N2O15. The van der Waals surface area contributed by atoms with Crippen molar-refractivity contribution in [2.75, 3.05) is 89.7 Å². The van der Waals surface area contributed by atoms with E-state index in [1.54, 1.807) is 56.9 Å². The SMILES string of the molecule is COc1ccc(C[C@@H]2c3cc(OC)c(OC)cc3CCN2CCC(=O)CCCCCCOC(=O)CCN2CCc3cc(OC)c(OC)cc3[C@H]2Cc2ccc(OC)c(OC)c2)cc1OC.O=C(O)C(=O)O. The summed E-state index contributed by atoms with van der Waals surface area (Å²) in [4.78, 5) is 49.3. The number of carbonyl (C=O) groups excluding carboxylic acids is 2. The van der Waals surface area contributed by atoms with Gasteiger partial charge in [0.15, 0.2) is 46.0 Å². The van der Waals surface area contributed by atoms with Gasteiger partial charge in [-0.1, -0.05) is 25.0 Å². The quantitative estimate of drug-likeness (QED) is 0.0371. The van der Waals surface area contributed by atoms with Crippen molar-refractivity contribution in [1.29, 1.82) is 0 Å².